The molecule has 2 rings (SSSR count). The number of hydrogen-bond acceptors (Lipinski definition) is 2. The molecule has 0 aliphatic carbocycles. The molecule has 90 valence electrons. The second-order valence-corrected chi connectivity index (χ2v) is 5.19. The van der Waals surface area contributed by atoms with Crippen molar-refractivity contribution in [2.75, 3.05) is 5.32 Å². The van der Waals surface area contributed by atoms with Crippen LogP contribution >= 0.6 is 27.5 Å². The zero-order valence-corrected chi connectivity index (χ0v) is 12.0. The fraction of sp³-hybridized carbons (Fsp3) is 0.250. The molecular weight excluding hydrogens is 302 g/mol. The Balaban J connectivity index is 2.21. The van der Waals surface area contributed by atoms with Crippen molar-refractivity contribution in [2.24, 2.45) is 7.05 Å². The topological polar surface area (TPSA) is 29.9 Å². The van der Waals surface area contributed by atoms with Crippen molar-refractivity contribution in [1.29, 1.82) is 0 Å². The van der Waals surface area contributed by atoms with Gasteiger partial charge in [0.25, 0.3) is 0 Å². The molecular formula is C12H13BrClN3. The van der Waals surface area contributed by atoms with Gasteiger partial charge in [0.15, 0.2) is 0 Å². The summed E-state index contributed by atoms with van der Waals surface area (Å²) in [6.07, 6.45) is 1.79. The Morgan fingerprint density at radius 3 is 2.82 bits per heavy atom. The molecule has 1 N–H and O–H groups in total. The second-order valence-electron chi connectivity index (χ2n) is 3.87. The molecule has 1 atom stereocenters. The highest BCUT2D eigenvalue weighted by Gasteiger charge is 2.10. The van der Waals surface area contributed by atoms with E-state index in [2.05, 4.69) is 33.3 Å². The van der Waals surface area contributed by atoms with Gasteiger partial charge >= 0.3 is 0 Å². The largest absolute Gasteiger partial charge is 0.376 e. The summed E-state index contributed by atoms with van der Waals surface area (Å²) in [5.74, 6) is 0. The lowest BCUT2D eigenvalue weighted by Crippen LogP contribution is -2.11. The monoisotopic (exact) mass is 313 g/mol. The fourth-order valence-electron chi connectivity index (χ4n) is 1.72. The summed E-state index contributed by atoms with van der Waals surface area (Å²) in [6.45, 7) is 2.08. The highest BCUT2D eigenvalue weighted by molar-refractivity contribution is 9.10. The van der Waals surface area contributed by atoms with Gasteiger partial charge < -0.3 is 5.32 Å². The summed E-state index contributed by atoms with van der Waals surface area (Å²) < 4.78 is 2.85. The van der Waals surface area contributed by atoms with Crippen LogP contribution in [0.3, 0.4) is 0 Å². The van der Waals surface area contributed by atoms with Crippen molar-refractivity contribution in [2.45, 2.75) is 13.0 Å². The van der Waals surface area contributed by atoms with Crippen molar-refractivity contribution >= 4 is 33.2 Å². The minimum atomic E-state index is 0.147. The molecule has 0 amide bonds. The lowest BCUT2D eigenvalue weighted by molar-refractivity contribution is 0.676. The lowest BCUT2D eigenvalue weighted by Gasteiger charge is -2.16. The van der Waals surface area contributed by atoms with E-state index in [0.717, 1.165) is 15.9 Å². The maximum atomic E-state index is 6.14. The third kappa shape index (κ3) is 2.82. The van der Waals surface area contributed by atoms with Gasteiger partial charge in [0.05, 0.1) is 22.4 Å². The van der Waals surface area contributed by atoms with Gasteiger partial charge in [0.1, 0.15) is 0 Å². The van der Waals surface area contributed by atoms with Gasteiger partial charge in [-0.3, -0.25) is 4.68 Å². The summed E-state index contributed by atoms with van der Waals surface area (Å²) >= 11 is 9.57. The molecule has 1 heterocycles. The summed E-state index contributed by atoms with van der Waals surface area (Å²) in [6, 6.07) is 7.89. The zero-order valence-electron chi connectivity index (χ0n) is 9.61. The first-order valence-electron chi connectivity index (χ1n) is 5.27. The molecule has 2 aromatic rings. The standard InChI is InChI=1S/C12H13BrClN3/c1-8(12-5-6-15-17(12)2)16-11-7-9(13)3-4-10(11)14/h3-8,16H,1-2H3. The van der Waals surface area contributed by atoms with Gasteiger partial charge in [-0.1, -0.05) is 27.5 Å². The van der Waals surface area contributed by atoms with Gasteiger partial charge in [0.2, 0.25) is 0 Å². The van der Waals surface area contributed by atoms with E-state index < -0.39 is 0 Å². The van der Waals surface area contributed by atoms with Gasteiger partial charge in [-0.15, -0.1) is 0 Å². The SMILES string of the molecule is CC(Nc1cc(Br)ccc1Cl)c1ccnn1C. The zero-order chi connectivity index (χ0) is 12.4. The van der Waals surface area contributed by atoms with E-state index in [-0.39, 0.29) is 6.04 Å². The van der Waals surface area contributed by atoms with Gasteiger partial charge in [-0.25, -0.2) is 0 Å². The Bertz CT molecular complexity index is 524. The number of aryl methyl sites for hydroxylation is 1. The maximum absolute atomic E-state index is 6.14. The molecule has 1 aromatic carbocycles. The Hall–Kier alpha value is -1.00. The number of nitrogens with zero attached hydrogens (tertiary/aromatic N) is 2. The van der Waals surface area contributed by atoms with Crippen molar-refractivity contribution in [3.63, 3.8) is 0 Å². The molecule has 0 aliphatic heterocycles. The van der Waals surface area contributed by atoms with Crippen LogP contribution in [-0.2, 0) is 7.05 Å². The van der Waals surface area contributed by atoms with Gasteiger partial charge in [0, 0.05) is 17.7 Å². The van der Waals surface area contributed by atoms with Crippen LogP contribution in [0.25, 0.3) is 0 Å². The Morgan fingerprint density at radius 2 is 2.18 bits per heavy atom. The van der Waals surface area contributed by atoms with Crippen molar-refractivity contribution in [1.82, 2.24) is 9.78 Å². The van der Waals surface area contributed by atoms with E-state index in [1.165, 1.54) is 0 Å². The number of rotatable bonds is 3. The van der Waals surface area contributed by atoms with Gasteiger partial charge in [-0.2, -0.15) is 5.10 Å². The molecule has 3 nitrogen and oxygen atoms in total. The molecule has 0 fully saturated rings. The van der Waals surface area contributed by atoms with Crippen LogP contribution in [0, 0.1) is 0 Å². The first-order valence-corrected chi connectivity index (χ1v) is 6.44. The van der Waals surface area contributed by atoms with E-state index in [4.69, 9.17) is 11.6 Å². The Morgan fingerprint density at radius 1 is 1.41 bits per heavy atom. The number of anilines is 1. The molecule has 1 aromatic heterocycles. The van der Waals surface area contributed by atoms with E-state index >= 15 is 0 Å². The third-order valence-electron chi connectivity index (χ3n) is 2.60. The molecule has 0 spiro atoms. The molecule has 17 heavy (non-hydrogen) atoms. The van der Waals surface area contributed by atoms with E-state index in [1.54, 1.807) is 6.20 Å². The molecule has 5 heteroatoms. The number of benzene rings is 1. The molecule has 0 bridgehead atoms. The van der Waals surface area contributed by atoms with Crippen LogP contribution in [-0.4, -0.2) is 9.78 Å². The molecule has 0 saturated heterocycles. The average Bonchev–Trinajstić information content (AvgIpc) is 2.70. The van der Waals surface area contributed by atoms with Crippen molar-refractivity contribution in [3.8, 4) is 0 Å². The molecule has 0 saturated carbocycles. The predicted octanol–water partition coefficient (Wildman–Crippen LogP) is 4.01. The quantitative estimate of drug-likeness (QED) is 0.927. The number of halogens is 2. The van der Waals surface area contributed by atoms with Crippen LogP contribution in [0.5, 0.6) is 0 Å². The molecule has 0 aliphatic rings. The summed E-state index contributed by atoms with van der Waals surface area (Å²) in [7, 11) is 1.93. The van der Waals surface area contributed by atoms with Crippen LogP contribution in [0.2, 0.25) is 5.02 Å². The van der Waals surface area contributed by atoms with Crippen LogP contribution in [0.15, 0.2) is 34.9 Å². The Labute approximate surface area is 114 Å². The summed E-state index contributed by atoms with van der Waals surface area (Å²) in [5, 5.41) is 8.24. The maximum Gasteiger partial charge on any atom is 0.0654 e. The van der Waals surface area contributed by atoms with E-state index in [1.807, 2.05) is 36.0 Å². The highest BCUT2D eigenvalue weighted by Crippen LogP contribution is 2.28. The number of hydrogen-bond donors (Lipinski definition) is 1. The normalized spacial score (nSPS) is 12.5. The van der Waals surface area contributed by atoms with E-state index in [0.29, 0.717) is 5.02 Å². The van der Waals surface area contributed by atoms with Crippen molar-refractivity contribution in [3.05, 3.63) is 45.7 Å². The van der Waals surface area contributed by atoms with Crippen LogP contribution in [0.1, 0.15) is 18.7 Å². The predicted molar refractivity (Wildman–Crippen MR) is 74.4 cm³/mol. The highest BCUT2D eigenvalue weighted by atomic mass is 79.9. The van der Waals surface area contributed by atoms with Crippen LogP contribution in [0.4, 0.5) is 5.69 Å². The lowest BCUT2D eigenvalue weighted by atomic mass is 10.2. The molecule has 1 unspecified atom stereocenters. The first kappa shape index (κ1) is 12.5. The van der Waals surface area contributed by atoms with Crippen molar-refractivity contribution < 1.29 is 0 Å². The third-order valence-corrected chi connectivity index (χ3v) is 3.43. The minimum Gasteiger partial charge on any atom is -0.376 e. The fourth-order valence-corrected chi connectivity index (χ4v) is 2.26. The number of nitrogens with one attached hydrogen (secondary N) is 1. The summed E-state index contributed by atoms with van der Waals surface area (Å²) in [5.41, 5.74) is 2.02. The smallest absolute Gasteiger partial charge is 0.0654 e. The number of aromatic nitrogens is 2. The minimum absolute atomic E-state index is 0.147. The van der Waals surface area contributed by atoms with Crippen LogP contribution < -0.4 is 5.32 Å². The second kappa shape index (κ2) is 5.10. The first-order chi connectivity index (χ1) is 8.08. The Kier molecular flexibility index (Phi) is 3.74. The summed E-state index contributed by atoms with van der Waals surface area (Å²) in [4.78, 5) is 0. The molecule has 0 radical (unpaired) electrons. The average molecular weight is 315 g/mol. The van der Waals surface area contributed by atoms with E-state index in [9.17, 15) is 0 Å². The van der Waals surface area contributed by atoms with Gasteiger partial charge in [-0.05, 0) is 31.2 Å².